The van der Waals surface area contributed by atoms with Crippen molar-refractivity contribution in [2.45, 2.75) is 25.5 Å². The molecule has 1 rings (SSSR count). The number of amides is 1. The van der Waals surface area contributed by atoms with Crippen LogP contribution < -0.4 is 10.1 Å². The van der Waals surface area contributed by atoms with Crippen molar-refractivity contribution >= 4 is 21.4 Å². The third-order valence-corrected chi connectivity index (χ3v) is 4.86. The molecule has 1 unspecified atom stereocenters. The molecule has 0 radical (unpaired) electrons. The molecule has 1 aromatic carbocycles. The van der Waals surface area contributed by atoms with Gasteiger partial charge < -0.3 is 10.1 Å². The van der Waals surface area contributed by atoms with Crippen molar-refractivity contribution < 1.29 is 17.9 Å². The van der Waals surface area contributed by atoms with Crippen LogP contribution in [0.25, 0.3) is 0 Å². The highest BCUT2D eigenvalue weighted by Gasteiger charge is 2.27. The Kier molecular flexibility index (Phi) is 6.42. The van der Waals surface area contributed by atoms with Crippen LogP contribution in [0.3, 0.4) is 0 Å². The Morgan fingerprint density at radius 3 is 2.71 bits per heavy atom. The van der Waals surface area contributed by atoms with Gasteiger partial charge in [-0.25, -0.2) is 8.42 Å². The van der Waals surface area contributed by atoms with Crippen molar-refractivity contribution in [1.29, 1.82) is 0 Å². The van der Waals surface area contributed by atoms with E-state index < -0.39 is 21.0 Å². The number of ether oxygens (including phenoxy) is 1. The van der Waals surface area contributed by atoms with Crippen LogP contribution in [-0.2, 0) is 14.6 Å². The second kappa shape index (κ2) is 7.83. The molecule has 0 aliphatic rings. The van der Waals surface area contributed by atoms with Crippen LogP contribution in [-0.4, -0.2) is 31.9 Å². The molecule has 0 bridgehead atoms. The van der Waals surface area contributed by atoms with Crippen molar-refractivity contribution in [1.82, 2.24) is 0 Å². The summed E-state index contributed by atoms with van der Waals surface area (Å²) in [5.41, 5.74) is 0.469. The van der Waals surface area contributed by atoms with Crippen molar-refractivity contribution in [3.05, 3.63) is 36.9 Å². The number of carbonyl (C=O) groups excluding carboxylic acids is 1. The van der Waals surface area contributed by atoms with Gasteiger partial charge in [0.1, 0.15) is 11.0 Å². The lowest BCUT2D eigenvalue weighted by molar-refractivity contribution is -0.115. The van der Waals surface area contributed by atoms with E-state index in [4.69, 9.17) is 4.74 Å². The summed E-state index contributed by atoms with van der Waals surface area (Å²) in [4.78, 5) is 12.1. The highest BCUT2D eigenvalue weighted by molar-refractivity contribution is 7.92. The zero-order chi connectivity index (χ0) is 15.9. The molecule has 116 valence electrons. The molecule has 1 amide bonds. The number of benzene rings is 1. The van der Waals surface area contributed by atoms with Crippen molar-refractivity contribution in [3.63, 3.8) is 0 Å². The van der Waals surface area contributed by atoms with Crippen molar-refractivity contribution in [3.8, 4) is 5.75 Å². The molecule has 6 heteroatoms. The van der Waals surface area contributed by atoms with Crippen molar-refractivity contribution in [2.75, 3.05) is 17.7 Å². The fourth-order valence-corrected chi connectivity index (χ4v) is 2.62. The van der Waals surface area contributed by atoms with Gasteiger partial charge in [0.25, 0.3) is 0 Å². The zero-order valence-corrected chi connectivity index (χ0v) is 13.2. The van der Waals surface area contributed by atoms with E-state index in [1.54, 1.807) is 24.3 Å². The van der Waals surface area contributed by atoms with Gasteiger partial charge in [0.15, 0.2) is 9.84 Å². The largest absolute Gasteiger partial charge is 0.491 e. The second-order valence-electron chi connectivity index (χ2n) is 4.59. The summed E-state index contributed by atoms with van der Waals surface area (Å²) in [6, 6.07) is 6.94. The number of nitrogens with one attached hydrogen (secondary N) is 1. The number of para-hydroxylation sites is 2. The van der Waals surface area contributed by atoms with Gasteiger partial charge in [-0.3, -0.25) is 4.79 Å². The van der Waals surface area contributed by atoms with Gasteiger partial charge >= 0.3 is 0 Å². The number of hydrogen-bond donors (Lipinski definition) is 1. The Morgan fingerprint density at radius 2 is 2.10 bits per heavy atom. The Bertz CT molecular complexity index is 595. The smallest absolute Gasteiger partial charge is 0.242 e. The molecule has 0 saturated carbocycles. The fraction of sp³-hybridized carbons (Fsp3) is 0.400. The Balaban J connectivity index is 2.86. The lowest BCUT2D eigenvalue weighted by Gasteiger charge is -2.15. The van der Waals surface area contributed by atoms with E-state index in [1.165, 1.54) is 13.0 Å². The molecule has 0 saturated heterocycles. The van der Waals surface area contributed by atoms with Gasteiger partial charge in [-0.15, -0.1) is 6.58 Å². The van der Waals surface area contributed by atoms with Crippen LogP contribution in [0.4, 0.5) is 5.69 Å². The van der Waals surface area contributed by atoms with Gasteiger partial charge in [-0.05, 0) is 25.5 Å². The lowest BCUT2D eigenvalue weighted by atomic mass is 10.3. The summed E-state index contributed by atoms with van der Waals surface area (Å²) in [6.07, 6.45) is 2.11. The highest BCUT2D eigenvalue weighted by Crippen LogP contribution is 2.24. The zero-order valence-electron chi connectivity index (χ0n) is 12.3. The molecule has 1 atom stereocenters. The van der Waals surface area contributed by atoms with Crippen LogP contribution in [0.5, 0.6) is 5.75 Å². The van der Waals surface area contributed by atoms with Gasteiger partial charge in [0.2, 0.25) is 5.91 Å². The molecule has 0 spiro atoms. The number of anilines is 1. The predicted octanol–water partition coefficient (Wildman–Crippen LogP) is 2.40. The molecule has 1 aromatic rings. The standard InChI is InChI=1S/C15H21NO4S/c1-4-10-20-14-9-7-6-8-13(14)16-15(17)12(3)21(18,19)11-5-2/h5-9,12H,2,4,10-11H2,1,3H3,(H,16,17). The lowest BCUT2D eigenvalue weighted by Crippen LogP contribution is -2.33. The van der Waals surface area contributed by atoms with Crippen LogP contribution in [0.2, 0.25) is 0 Å². The minimum atomic E-state index is -3.53. The van der Waals surface area contributed by atoms with Crippen LogP contribution in [0.15, 0.2) is 36.9 Å². The van der Waals surface area contributed by atoms with Crippen LogP contribution in [0, 0.1) is 0 Å². The van der Waals surface area contributed by atoms with E-state index in [0.29, 0.717) is 18.0 Å². The summed E-state index contributed by atoms with van der Waals surface area (Å²) >= 11 is 0. The van der Waals surface area contributed by atoms with Gasteiger partial charge in [-0.2, -0.15) is 0 Å². The molecule has 0 aromatic heterocycles. The minimum Gasteiger partial charge on any atom is -0.491 e. The van der Waals surface area contributed by atoms with E-state index in [9.17, 15) is 13.2 Å². The van der Waals surface area contributed by atoms with E-state index >= 15 is 0 Å². The Hall–Kier alpha value is -1.82. The summed E-state index contributed by atoms with van der Waals surface area (Å²) in [5.74, 6) is -0.277. The molecule has 0 fully saturated rings. The van der Waals surface area contributed by atoms with Crippen molar-refractivity contribution in [2.24, 2.45) is 0 Å². The first-order valence-corrected chi connectivity index (χ1v) is 8.49. The predicted molar refractivity (Wildman–Crippen MR) is 84.3 cm³/mol. The number of sulfone groups is 1. The SMILES string of the molecule is C=CCS(=O)(=O)C(C)C(=O)Nc1ccccc1OCCC. The quantitative estimate of drug-likeness (QED) is 0.748. The maximum atomic E-state index is 12.1. The first kappa shape index (κ1) is 17.2. The Morgan fingerprint density at radius 1 is 1.43 bits per heavy atom. The number of carbonyl (C=O) groups is 1. The number of hydrogen-bond acceptors (Lipinski definition) is 4. The molecular weight excluding hydrogens is 290 g/mol. The normalized spacial score (nSPS) is 12.5. The maximum Gasteiger partial charge on any atom is 0.242 e. The van der Waals surface area contributed by atoms with Gasteiger partial charge in [0, 0.05) is 0 Å². The van der Waals surface area contributed by atoms with Gasteiger partial charge in [0.05, 0.1) is 18.0 Å². The van der Waals surface area contributed by atoms with Gasteiger partial charge in [-0.1, -0.05) is 25.1 Å². The third-order valence-electron chi connectivity index (χ3n) is 2.86. The van der Waals surface area contributed by atoms with E-state index in [0.717, 1.165) is 6.42 Å². The average molecular weight is 311 g/mol. The van der Waals surface area contributed by atoms with Crippen LogP contribution in [0.1, 0.15) is 20.3 Å². The molecule has 21 heavy (non-hydrogen) atoms. The summed E-state index contributed by atoms with van der Waals surface area (Å²) in [5, 5.41) is 1.46. The second-order valence-corrected chi connectivity index (χ2v) is 6.96. The summed E-state index contributed by atoms with van der Waals surface area (Å²) in [7, 11) is -3.53. The fourth-order valence-electron chi connectivity index (χ4n) is 1.61. The summed E-state index contributed by atoms with van der Waals surface area (Å²) < 4.78 is 29.2. The average Bonchev–Trinajstić information content (AvgIpc) is 2.45. The van der Waals surface area contributed by atoms with E-state index in [2.05, 4.69) is 11.9 Å². The maximum absolute atomic E-state index is 12.1. The third kappa shape index (κ3) is 4.90. The summed E-state index contributed by atoms with van der Waals surface area (Å²) in [6.45, 7) is 7.26. The van der Waals surface area contributed by atoms with E-state index in [-0.39, 0.29) is 5.75 Å². The highest BCUT2D eigenvalue weighted by atomic mass is 32.2. The number of rotatable bonds is 8. The molecule has 0 aliphatic heterocycles. The molecule has 1 N–H and O–H groups in total. The van der Waals surface area contributed by atoms with E-state index in [1.807, 2.05) is 6.92 Å². The molecule has 0 heterocycles. The first-order valence-electron chi connectivity index (χ1n) is 6.77. The molecule has 0 aliphatic carbocycles. The topological polar surface area (TPSA) is 72.5 Å². The minimum absolute atomic E-state index is 0.227. The molecular formula is C15H21NO4S. The molecule has 5 nitrogen and oxygen atoms in total. The Labute approximate surface area is 125 Å². The first-order chi connectivity index (χ1) is 9.92. The van der Waals surface area contributed by atoms with Crippen LogP contribution >= 0.6 is 0 Å². The monoisotopic (exact) mass is 311 g/mol.